The molecule has 4 rings (SSSR count). The zero-order valence-corrected chi connectivity index (χ0v) is 16.2. The number of alkyl halides is 2. The Morgan fingerprint density at radius 1 is 1.07 bits per heavy atom. The lowest BCUT2D eigenvalue weighted by Gasteiger charge is -2.29. The summed E-state index contributed by atoms with van der Waals surface area (Å²) in [6.07, 6.45) is 0.784. The first-order valence-electron chi connectivity index (χ1n) is 9.34. The van der Waals surface area contributed by atoms with E-state index >= 15 is 0 Å². The number of amides is 1. The molecule has 6 heteroatoms. The molecule has 1 aliphatic heterocycles. The molecule has 1 amide bonds. The predicted molar refractivity (Wildman–Crippen MR) is 107 cm³/mol. The fraction of sp³-hybridized carbons (Fsp3) is 0.217. The van der Waals surface area contributed by atoms with E-state index in [9.17, 15) is 13.6 Å². The molecule has 0 unspecified atom stereocenters. The van der Waals surface area contributed by atoms with E-state index in [1.807, 2.05) is 31.2 Å². The number of pyridine rings is 1. The molecule has 2 aromatic carbocycles. The van der Waals surface area contributed by atoms with Gasteiger partial charge in [0, 0.05) is 30.8 Å². The SMILES string of the molecule is Cc1ccc2c(c1)CCN(c1cncc(-c3cccc(OC(C)(F)F)c3)c1)C2=O. The van der Waals surface area contributed by atoms with E-state index in [0.29, 0.717) is 30.3 Å². The number of aryl methyl sites for hydroxylation is 1. The first-order chi connectivity index (χ1) is 13.8. The van der Waals surface area contributed by atoms with E-state index in [0.717, 1.165) is 23.1 Å². The number of benzene rings is 2. The van der Waals surface area contributed by atoms with Crippen molar-refractivity contribution in [1.82, 2.24) is 4.98 Å². The molecule has 0 saturated carbocycles. The van der Waals surface area contributed by atoms with Crippen LogP contribution in [0.1, 0.15) is 28.4 Å². The molecule has 0 N–H and O–H groups in total. The zero-order chi connectivity index (χ0) is 20.6. The number of anilines is 1. The van der Waals surface area contributed by atoms with Crippen LogP contribution in [0.15, 0.2) is 60.9 Å². The van der Waals surface area contributed by atoms with Crippen molar-refractivity contribution in [2.75, 3.05) is 11.4 Å². The van der Waals surface area contributed by atoms with Crippen molar-refractivity contribution in [2.24, 2.45) is 0 Å². The summed E-state index contributed by atoms with van der Waals surface area (Å²) in [6.45, 7) is 3.27. The van der Waals surface area contributed by atoms with Gasteiger partial charge in [-0.3, -0.25) is 9.78 Å². The number of rotatable bonds is 4. The molecular formula is C23H20F2N2O2. The van der Waals surface area contributed by atoms with Crippen LogP contribution < -0.4 is 9.64 Å². The lowest BCUT2D eigenvalue weighted by molar-refractivity contribution is -0.158. The number of carbonyl (C=O) groups excluding carboxylic acids is 1. The molecule has 0 bridgehead atoms. The third-order valence-electron chi connectivity index (χ3n) is 4.84. The molecule has 0 spiro atoms. The molecule has 2 heterocycles. The highest BCUT2D eigenvalue weighted by atomic mass is 19.3. The molecule has 29 heavy (non-hydrogen) atoms. The van der Waals surface area contributed by atoms with Gasteiger partial charge in [0.1, 0.15) is 5.75 Å². The molecule has 148 valence electrons. The number of carbonyl (C=O) groups is 1. The maximum atomic E-state index is 13.2. The second-order valence-corrected chi connectivity index (χ2v) is 7.24. The van der Waals surface area contributed by atoms with Crippen LogP contribution in [0, 0.1) is 6.92 Å². The van der Waals surface area contributed by atoms with Crippen LogP contribution in [0.4, 0.5) is 14.5 Å². The lowest BCUT2D eigenvalue weighted by atomic mass is 9.96. The van der Waals surface area contributed by atoms with Gasteiger partial charge in [0.15, 0.2) is 0 Å². The minimum atomic E-state index is -3.26. The van der Waals surface area contributed by atoms with Crippen molar-refractivity contribution < 1.29 is 18.3 Å². The van der Waals surface area contributed by atoms with Gasteiger partial charge in [0.05, 0.1) is 11.9 Å². The topological polar surface area (TPSA) is 42.4 Å². The van der Waals surface area contributed by atoms with Gasteiger partial charge in [0.2, 0.25) is 0 Å². The van der Waals surface area contributed by atoms with Crippen molar-refractivity contribution in [3.8, 4) is 16.9 Å². The number of ether oxygens (including phenoxy) is 1. The maximum Gasteiger partial charge on any atom is 0.394 e. The fourth-order valence-corrected chi connectivity index (χ4v) is 3.54. The Kier molecular flexibility index (Phi) is 4.78. The second kappa shape index (κ2) is 7.28. The smallest absolute Gasteiger partial charge is 0.394 e. The third-order valence-corrected chi connectivity index (χ3v) is 4.84. The van der Waals surface area contributed by atoms with E-state index in [2.05, 4.69) is 9.72 Å². The molecule has 1 aromatic heterocycles. The summed E-state index contributed by atoms with van der Waals surface area (Å²) in [5.74, 6) is 0.00617. The van der Waals surface area contributed by atoms with Gasteiger partial charge in [-0.1, -0.05) is 29.8 Å². The molecule has 0 radical (unpaired) electrons. The van der Waals surface area contributed by atoms with Gasteiger partial charge in [-0.25, -0.2) is 0 Å². The maximum absolute atomic E-state index is 13.2. The Balaban J connectivity index is 1.64. The Hall–Kier alpha value is -3.28. The summed E-state index contributed by atoms with van der Waals surface area (Å²) in [5, 5.41) is 0. The average molecular weight is 394 g/mol. The molecule has 4 nitrogen and oxygen atoms in total. The first-order valence-corrected chi connectivity index (χ1v) is 9.34. The van der Waals surface area contributed by atoms with E-state index in [1.54, 1.807) is 29.4 Å². The molecule has 0 atom stereocenters. The molecule has 0 fully saturated rings. The standard InChI is InChI=1S/C23H20F2N2O2/c1-15-6-7-21-17(10-15)8-9-27(22(21)28)19-11-18(13-26-14-19)16-4-3-5-20(12-16)29-23(2,24)25/h3-7,10-14H,8-9H2,1-2H3. The minimum Gasteiger partial charge on any atom is -0.433 e. The number of fused-ring (bicyclic) bond motifs is 1. The highest BCUT2D eigenvalue weighted by Crippen LogP contribution is 2.31. The Bertz CT molecular complexity index is 1080. The summed E-state index contributed by atoms with van der Waals surface area (Å²) in [7, 11) is 0. The molecule has 1 aliphatic rings. The Labute approximate surface area is 167 Å². The van der Waals surface area contributed by atoms with Crippen LogP contribution in [0.5, 0.6) is 5.75 Å². The van der Waals surface area contributed by atoms with Crippen molar-refractivity contribution >= 4 is 11.6 Å². The molecule has 3 aromatic rings. The van der Waals surface area contributed by atoms with Gasteiger partial charge in [0.25, 0.3) is 5.91 Å². The highest BCUT2D eigenvalue weighted by Gasteiger charge is 2.26. The van der Waals surface area contributed by atoms with Crippen LogP contribution in [0.3, 0.4) is 0 Å². The normalized spacial score (nSPS) is 13.9. The quantitative estimate of drug-likeness (QED) is 0.607. The van der Waals surface area contributed by atoms with Crippen molar-refractivity contribution in [2.45, 2.75) is 26.4 Å². The van der Waals surface area contributed by atoms with Gasteiger partial charge < -0.3 is 9.64 Å². The monoisotopic (exact) mass is 394 g/mol. The number of aromatic nitrogens is 1. The largest absolute Gasteiger partial charge is 0.433 e. The predicted octanol–water partition coefficient (Wildman–Crippen LogP) is 5.25. The zero-order valence-electron chi connectivity index (χ0n) is 16.2. The van der Waals surface area contributed by atoms with Crippen LogP contribution in [-0.4, -0.2) is 23.5 Å². The average Bonchev–Trinajstić information content (AvgIpc) is 2.67. The van der Waals surface area contributed by atoms with Crippen molar-refractivity contribution in [3.63, 3.8) is 0 Å². The van der Waals surface area contributed by atoms with E-state index in [4.69, 9.17) is 0 Å². The van der Waals surface area contributed by atoms with Crippen LogP contribution >= 0.6 is 0 Å². The molecular weight excluding hydrogens is 374 g/mol. The summed E-state index contributed by atoms with van der Waals surface area (Å²) in [6, 6.07) is 14.1. The Morgan fingerprint density at radius 2 is 1.90 bits per heavy atom. The summed E-state index contributed by atoms with van der Waals surface area (Å²) < 4.78 is 31.0. The Morgan fingerprint density at radius 3 is 2.69 bits per heavy atom. The molecule has 0 saturated heterocycles. The number of hydrogen-bond acceptors (Lipinski definition) is 3. The van der Waals surface area contributed by atoms with E-state index in [-0.39, 0.29) is 11.7 Å². The summed E-state index contributed by atoms with van der Waals surface area (Å²) in [4.78, 5) is 18.9. The number of halogens is 2. The van der Waals surface area contributed by atoms with Gasteiger partial charge in [-0.05, 0) is 48.7 Å². The van der Waals surface area contributed by atoms with Gasteiger partial charge in [-0.15, -0.1) is 0 Å². The number of hydrogen-bond donors (Lipinski definition) is 0. The fourth-order valence-electron chi connectivity index (χ4n) is 3.54. The van der Waals surface area contributed by atoms with E-state index < -0.39 is 6.11 Å². The van der Waals surface area contributed by atoms with Crippen LogP contribution in [0.2, 0.25) is 0 Å². The van der Waals surface area contributed by atoms with E-state index in [1.165, 1.54) is 12.1 Å². The van der Waals surface area contributed by atoms with Crippen LogP contribution in [-0.2, 0) is 6.42 Å². The first kappa shape index (κ1) is 19.1. The minimum absolute atomic E-state index is 0.0621. The highest BCUT2D eigenvalue weighted by molar-refractivity contribution is 6.08. The van der Waals surface area contributed by atoms with Crippen molar-refractivity contribution in [3.05, 3.63) is 77.6 Å². The van der Waals surface area contributed by atoms with Gasteiger partial charge >= 0.3 is 6.11 Å². The summed E-state index contributed by atoms with van der Waals surface area (Å²) in [5.41, 5.74) is 4.96. The summed E-state index contributed by atoms with van der Waals surface area (Å²) >= 11 is 0. The second-order valence-electron chi connectivity index (χ2n) is 7.24. The third kappa shape index (κ3) is 4.11. The lowest BCUT2D eigenvalue weighted by Crippen LogP contribution is -2.37. The van der Waals surface area contributed by atoms with Crippen LogP contribution in [0.25, 0.3) is 11.1 Å². The number of nitrogens with zero attached hydrogens (tertiary/aromatic N) is 2. The molecule has 0 aliphatic carbocycles. The van der Waals surface area contributed by atoms with Crippen molar-refractivity contribution in [1.29, 1.82) is 0 Å². The van der Waals surface area contributed by atoms with Gasteiger partial charge in [-0.2, -0.15) is 8.78 Å².